The lowest BCUT2D eigenvalue weighted by Gasteiger charge is -2.49. The van der Waals surface area contributed by atoms with Gasteiger partial charge in [0.25, 0.3) is 0 Å². The van der Waals surface area contributed by atoms with Crippen molar-refractivity contribution in [2.24, 2.45) is 5.92 Å². The van der Waals surface area contributed by atoms with Gasteiger partial charge in [-0.1, -0.05) is 67.8 Å². The van der Waals surface area contributed by atoms with E-state index in [1.54, 1.807) is 18.9 Å². The van der Waals surface area contributed by atoms with Crippen molar-refractivity contribution >= 4 is 22.8 Å². The average molecular weight is 515 g/mol. The number of aliphatic hydroxyl groups excluding tert-OH is 1. The number of carbonyl (C=O) groups is 2. The Morgan fingerprint density at radius 1 is 1.11 bits per heavy atom. The largest absolute Gasteiger partial charge is 0.393 e. The molecule has 1 aliphatic carbocycles. The van der Waals surface area contributed by atoms with Crippen molar-refractivity contribution < 1.29 is 14.7 Å². The normalized spacial score (nSPS) is 24.6. The van der Waals surface area contributed by atoms with Crippen LogP contribution in [-0.2, 0) is 11.2 Å². The highest BCUT2D eigenvalue weighted by molar-refractivity contribution is 5.97. The van der Waals surface area contributed by atoms with E-state index in [4.69, 9.17) is 0 Å². The number of aromatic amines is 1. The van der Waals surface area contributed by atoms with Crippen molar-refractivity contribution in [2.45, 2.75) is 76.1 Å². The number of carbonyl (C=O) groups excluding carboxylic acids is 2. The summed E-state index contributed by atoms with van der Waals surface area (Å²) in [5, 5.41) is 15.1. The quantitative estimate of drug-likeness (QED) is 0.458. The van der Waals surface area contributed by atoms with E-state index < -0.39 is 18.1 Å². The minimum absolute atomic E-state index is 0.0637. The third-order valence-electron chi connectivity index (χ3n) is 9.09. The number of nitrogens with zero attached hydrogens (tertiary/aromatic N) is 2. The summed E-state index contributed by atoms with van der Waals surface area (Å²) in [6.45, 7) is 2.29. The van der Waals surface area contributed by atoms with Gasteiger partial charge < -0.3 is 25.2 Å². The van der Waals surface area contributed by atoms with Gasteiger partial charge in [-0.3, -0.25) is 4.79 Å². The number of nitrogens with one attached hydrogen (secondary N) is 2. The van der Waals surface area contributed by atoms with Crippen LogP contribution in [0.2, 0.25) is 0 Å². The smallest absolute Gasteiger partial charge is 0.317 e. The number of urea groups is 1. The van der Waals surface area contributed by atoms with Crippen molar-refractivity contribution in [3.05, 3.63) is 59.8 Å². The number of H-pyrrole nitrogens is 1. The van der Waals surface area contributed by atoms with Crippen molar-refractivity contribution in [2.75, 3.05) is 13.6 Å². The first-order chi connectivity index (χ1) is 18.4. The van der Waals surface area contributed by atoms with Crippen LogP contribution in [0.25, 0.3) is 22.0 Å². The number of rotatable bonds is 4. The fraction of sp³-hybridized carbons (Fsp3) is 0.484. The SMILES string of the molecule is C[C@H](O)[C@@H]1C(=O)N2CCc3c([nH]c4c(-c5ccccc5)cccc34)[C@@H]2C[C@@H]1N(C)C(=O)NC1CCCCC1. The summed E-state index contributed by atoms with van der Waals surface area (Å²) in [5.74, 6) is -0.703. The first kappa shape index (κ1) is 25.0. The van der Waals surface area contributed by atoms with E-state index in [9.17, 15) is 14.7 Å². The molecule has 0 unspecified atom stereocenters. The third-order valence-corrected chi connectivity index (χ3v) is 9.09. The molecule has 7 heteroatoms. The molecule has 2 aromatic carbocycles. The van der Waals surface area contributed by atoms with Crippen LogP contribution in [0.15, 0.2) is 48.5 Å². The van der Waals surface area contributed by atoms with Crippen molar-refractivity contribution in [1.82, 2.24) is 20.1 Å². The second-order valence-corrected chi connectivity index (χ2v) is 11.4. The van der Waals surface area contributed by atoms with Gasteiger partial charge in [0.15, 0.2) is 0 Å². The lowest BCUT2D eigenvalue weighted by Crippen LogP contribution is -2.61. The molecular formula is C31H38N4O3. The molecule has 3 aromatic rings. The topological polar surface area (TPSA) is 88.7 Å². The monoisotopic (exact) mass is 514 g/mol. The molecule has 0 bridgehead atoms. The molecule has 3 N–H and O–H groups in total. The number of aromatic nitrogens is 1. The summed E-state index contributed by atoms with van der Waals surface area (Å²) in [4.78, 5) is 34.5. The minimum Gasteiger partial charge on any atom is -0.393 e. The van der Waals surface area contributed by atoms with Crippen molar-refractivity contribution in [3.63, 3.8) is 0 Å². The number of fused-ring (bicyclic) bond motifs is 5. The van der Waals surface area contributed by atoms with E-state index >= 15 is 0 Å². The molecule has 2 aliphatic heterocycles. The van der Waals surface area contributed by atoms with Crippen LogP contribution >= 0.6 is 0 Å². The van der Waals surface area contributed by atoms with E-state index in [0.717, 1.165) is 54.4 Å². The van der Waals surface area contributed by atoms with E-state index in [-0.39, 0.29) is 24.0 Å². The summed E-state index contributed by atoms with van der Waals surface area (Å²) in [6.07, 6.45) is 6.02. The highest BCUT2D eigenvalue weighted by Crippen LogP contribution is 2.44. The predicted octanol–water partition coefficient (Wildman–Crippen LogP) is 5.00. The summed E-state index contributed by atoms with van der Waals surface area (Å²) in [7, 11) is 1.78. The molecule has 200 valence electrons. The average Bonchev–Trinajstić information content (AvgIpc) is 3.32. The maximum Gasteiger partial charge on any atom is 0.317 e. The summed E-state index contributed by atoms with van der Waals surface area (Å²) in [6, 6.07) is 16.3. The minimum atomic E-state index is -0.841. The Morgan fingerprint density at radius 2 is 1.87 bits per heavy atom. The second-order valence-electron chi connectivity index (χ2n) is 11.4. The highest BCUT2D eigenvalue weighted by Gasteiger charge is 2.49. The number of benzene rings is 2. The lowest BCUT2D eigenvalue weighted by molar-refractivity contribution is -0.151. The molecule has 3 aliphatic rings. The standard InChI is InChI=1S/C31H38N4O3/c1-19(36)27-25(34(2)31(38)32-21-12-7-4-8-13-21)18-26-29-24(16-17-35(26)30(27)37)23-15-9-14-22(28(23)33-29)20-10-5-3-6-11-20/h3,5-6,9-11,14-15,19,21,25-27,33,36H,4,7-8,12-13,16-18H2,1-2H3,(H,32,38)/t19-,25-,26-,27-/m0/s1. The second kappa shape index (κ2) is 10.1. The van der Waals surface area contributed by atoms with Gasteiger partial charge in [-0.2, -0.15) is 0 Å². The number of amides is 3. The zero-order valence-electron chi connectivity index (χ0n) is 22.3. The summed E-state index contributed by atoms with van der Waals surface area (Å²) >= 11 is 0. The van der Waals surface area contributed by atoms with Crippen LogP contribution < -0.4 is 5.32 Å². The van der Waals surface area contributed by atoms with Gasteiger partial charge in [0.1, 0.15) is 0 Å². The number of piperidine rings is 1. The number of hydrogen-bond donors (Lipinski definition) is 3. The summed E-state index contributed by atoms with van der Waals surface area (Å²) in [5.41, 5.74) is 5.72. The van der Waals surface area contributed by atoms with Gasteiger partial charge >= 0.3 is 6.03 Å². The maximum atomic E-state index is 13.8. The summed E-state index contributed by atoms with van der Waals surface area (Å²) < 4.78 is 0. The van der Waals surface area contributed by atoms with E-state index in [1.165, 1.54) is 17.4 Å². The van der Waals surface area contributed by atoms with Gasteiger partial charge in [0.05, 0.1) is 23.6 Å². The van der Waals surface area contributed by atoms with E-state index in [1.807, 2.05) is 23.1 Å². The van der Waals surface area contributed by atoms with Crippen molar-refractivity contribution in [3.8, 4) is 11.1 Å². The first-order valence-corrected chi connectivity index (χ1v) is 14.1. The third kappa shape index (κ3) is 4.27. The predicted molar refractivity (Wildman–Crippen MR) is 149 cm³/mol. The Labute approximate surface area is 224 Å². The molecule has 1 aromatic heterocycles. The zero-order chi connectivity index (χ0) is 26.4. The number of para-hydroxylation sites is 1. The molecule has 7 nitrogen and oxygen atoms in total. The van der Waals surface area contributed by atoms with Crippen LogP contribution in [0.5, 0.6) is 0 Å². The first-order valence-electron chi connectivity index (χ1n) is 14.1. The Hall–Kier alpha value is -3.32. The molecule has 3 heterocycles. The molecular weight excluding hydrogens is 476 g/mol. The van der Waals surface area contributed by atoms with Gasteiger partial charge in [-0.05, 0) is 43.7 Å². The molecule has 0 radical (unpaired) electrons. The Bertz CT molecular complexity index is 1330. The lowest BCUT2D eigenvalue weighted by atomic mass is 9.79. The molecule has 1 saturated carbocycles. The van der Waals surface area contributed by atoms with Gasteiger partial charge in [0, 0.05) is 42.3 Å². The van der Waals surface area contributed by atoms with Crippen LogP contribution in [0.4, 0.5) is 4.79 Å². The van der Waals surface area contributed by atoms with Crippen LogP contribution in [0, 0.1) is 5.92 Å². The Morgan fingerprint density at radius 3 is 2.61 bits per heavy atom. The fourth-order valence-corrected chi connectivity index (χ4v) is 7.09. The molecule has 4 atom stereocenters. The molecule has 6 rings (SSSR count). The zero-order valence-corrected chi connectivity index (χ0v) is 22.3. The fourth-order valence-electron chi connectivity index (χ4n) is 7.09. The van der Waals surface area contributed by atoms with Gasteiger partial charge in [-0.15, -0.1) is 0 Å². The van der Waals surface area contributed by atoms with Gasteiger partial charge in [-0.25, -0.2) is 4.79 Å². The molecule has 38 heavy (non-hydrogen) atoms. The number of hydrogen-bond acceptors (Lipinski definition) is 3. The van der Waals surface area contributed by atoms with Gasteiger partial charge in [0.2, 0.25) is 5.91 Å². The molecule has 0 spiro atoms. The van der Waals surface area contributed by atoms with E-state index in [0.29, 0.717) is 13.0 Å². The van der Waals surface area contributed by atoms with Crippen LogP contribution in [0.3, 0.4) is 0 Å². The Balaban J connectivity index is 1.35. The maximum absolute atomic E-state index is 13.8. The van der Waals surface area contributed by atoms with E-state index in [2.05, 4.69) is 40.6 Å². The molecule has 1 saturated heterocycles. The van der Waals surface area contributed by atoms with Crippen LogP contribution in [-0.4, -0.2) is 63.6 Å². The van der Waals surface area contributed by atoms with Crippen LogP contribution in [0.1, 0.15) is 62.7 Å². The Kier molecular flexibility index (Phi) is 6.64. The molecule has 3 amide bonds. The molecule has 2 fully saturated rings. The highest BCUT2D eigenvalue weighted by atomic mass is 16.3. The number of aliphatic hydroxyl groups is 1. The van der Waals surface area contributed by atoms with Crippen molar-refractivity contribution in [1.29, 1.82) is 0 Å².